The molecule has 2 aliphatic rings. The smallest absolute Gasteiger partial charge is 0.410 e. The van der Waals surface area contributed by atoms with E-state index in [9.17, 15) is 4.79 Å². The van der Waals surface area contributed by atoms with Crippen molar-refractivity contribution in [3.8, 4) is 0 Å². The van der Waals surface area contributed by atoms with Gasteiger partial charge in [0.05, 0.1) is 19.3 Å². The molecular formula is C18H25NO5. The standard InChI is InChI=1S/C18H25NO5/c1-21-13-23-17-15-8-5-10-19(15)18(20)24-16(17)9-11-22-12-14-6-3-2-4-7-14/h2-4,6-7,15-17H,5,8-13H2,1H3/t15-,16-,17-/m0/s1. The monoisotopic (exact) mass is 335 g/mol. The summed E-state index contributed by atoms with van der Waals surface area (Å²) in [5, 5.41) is 0. The van der Waals surface area contributed by atoms with Crippen molar-refractivity contribution in [3.63, 3.8) is 0 Å². The van der Waals surface area contributed by atoms with E-state index in [0.717, 1.165) is 24.9 Å². The van der Waals surface area contributed by atoms with Crippen LogP contribution in [0.25, 0.3) is 0 Å². The van der Waals surface area contributed by atoms with Crippen LogP contribution in [0.1, 0.15) is 24.8 Å². The number of hydrogen-bond donors (Lipinski definition) is 0. The van der Waals surface area contributed by atoms with Crippen molar-refractivity contribution in [1.29, 1.82) is 0 Å². The highest BCUT2D eigenvalue weighted by molar-refractivity contribution is 5.69. The lowest BCUT2D eigenvalue weighted by Gasteiger charge is -2.40. The number of amides is 1. The second-order valence-electron chi connectivity index (χ2n) is 6.19. The van der Waals surface area contributed by atoms with E-state index in [0.29, 0.717) is 19.6 Å². The Morgan fingerprint density at radius 1 is 1.29 bits per heavy atom. The van der Waals surface area contributed by atoms with Crippen molar-refractivity contribution in [2.45, 2.75) is 44.1 Å². The van der Waals surface area contributed by atoms with Crippen molar-refractivity contribution in [2.24, 2.45) is 0 Å². The SMILES string of the molecule is COCO[C@@H]1[C@H](CCOCc2ccccc2)OC(=O)N2CCC[C@@H]12. The van der Waals surface area contributed by atoms with Crippen molar-refractivity contribution in [2.75, 3.05) is 27.1 Å². The van der Waals surface area contributed by atoms with E-state index in [1.54, 1.807) is 12.0 Å². The van der Waals surface area contributed by atoms with Gasteiger partial charge < -0.3 is 23.8 Å². The first-order valence-corrected chi connectivity index (χ1v) is 8.49. The highest BCUT2D eigenvalue weighted by Gasteiger charge is 2.46. The molecule has 0 aliphatic carbocycles. The Labute approximate surface area is 142 Å². The summed E-state index contributed by atoms with van der Waals surface area (Å²) < 4.78 is 22.2. The van der Waals surface area contributed by atoms with Gasteiger partial charge in [-0.1, -0.05) is 30.3 Å². The Balaban J connectivity index is 1.52. The molecule has 0 aromatic heterocycles. The van der Waals surface area contributed by atoms with E-state index in [-0.39, 0.29) is 31.1 Å². The summed E-state index contributed by atoms with van der Waals surface area (Å²) in [7, 11) is 1.60. The molecule has 2 fully saturated rings. The Morgan fingerprint density at radius 2 is 2.12 bits per heavy atom. The molecule has 1 amide bonds. The number of carbonyl (C=O) groups excluding carboxylic acids is 1. The zero-order valence-electron chi connectivity index (χ0n) is 14.1. The maximum Gasteiger partial charge on any atom is 0.410 e. The Bertz CT molecular complexity index is 523. The third-order valence-corrected chi connectivity index (χ3v) is 4.57. The summed E-state index contributed by atoms with van der Waals surface area (Å²) in [6, 6.07) is 10.1. The van der Waals surface area contributed by atoms with Gasteiger partial charge in [-0.05, 0) is 18.4 Å². The van der Waals surface area contributed by atoms with Crippen LogP contribution in [-0.4, -0.2) is 56.3 Å². The molecule has 0 N–H and O–H groups in total. The first-order valence-electron chi connectivity index (χ1n) is 8.49. The average Bonchev–Trinajstić information content (AvgIpc) is 3.09. The van der Waals surface area contributed by atoms with E-state index in [4.69, 9.17) is 18.9 Å². The number of methoxy groups -OCH3 is 1. The zero-order chi connectivity index (χ0) is 16.8. The molecule has 24 heavy (non-hydrogen) atoms. The van der Waals surface area contributed by atoms with Gasteiger partial charge in [0.2, 0.25) is 0 Å². The number of carbonyl (C=O) groups is 1. The highest BCUT2D eigenvalue weighted by atomic mass is 16.7. The number of ether oxygens (including phenoxy) is 4. The topological polar surface area (TPSA) is 57.2 Å². The molecular weight excluding hydrogens is 310 g/mol. The second-order valence-corrected chi connectivity index (χ2v) is 6.19. The number of nitrogens with zero attached hydrogens (tertiary/aromatic N) is 1. The number of cyclic esters (lactones) is 1. The molecule has 2 aliphatic heterocycles. The molecule has 0 spiro atoms. The fourth-order valence-corrected chi connectivity index (χ4v) is 3.42. The van der Waals surface area contributed by atoms with Crippen LogP contribution in [0.15, 0.2) is 30.3 Å². The Morgan fingerprint density at radius 3 is 2.92 bits per heavy atom. The first-order chi connectivity index (χ1) is 11.8. The molecule has 2 heterocycles. The lowest BCUT2D eigenvalue weighted by Crippen LogP contribution is -2.56. The van der Waals surface area contributed by atoms with E-state index in [1.165, 1.54) is 0 Å². The van der Waals surface area contributed by atoms with Crippen LogP contribution in [0.2, 0.25) is 0 Å². The van der Waals surface area contributed by atoms with Gasteiger partial charge in [0.15, 0.2) is 0 Å². The molecule has 3 rings (SSSR count). The molecule has 0 radical (unpaired) electrons. The number of hydrogen-bond acceptors (Lipinski definition) is 5. The minimum atomic E-state index is -0.289. The van der Waals surface area contributed by atoms with Gasteiger partial charge in [-0.2, -0.15) is 0 Å². The molecule has 1 aromatic rings. The molecule has 3 atom stereocenters. The zero-order valence-corrected chi connectivity index (χ0v) is 14.1. The maximum atomic E-state index is 12.1. The van der Waals surface area contributed by atoms with E-state index < -0.39 is 0 Å². The molecule has 1 aromatic carbocycles. The lowest BCUT2D eigenvalue weighted by molar-refractivity contribution is -0.159. The van der Waals surface area contributed by atoms with Crippen LogP contribution in [-0.2, 0) is 25.6 Å². The van der Waals surface area contributed by atoms with Crippen LogP contribution >= 0.6 is 0 Å². The van der Waals surface area contributed by atoms with E-state index >= 15 is 0 Å². The molecule has 6 heteroatoms. The number of benzene rings is 1. The van der Waals surface area contributed by atoms with Crippen molar-refractivity contribution in [3.05, 3.63) is 35.9 Å². The predicted octanol–water partition coefficient (Wildman–Crippen LogP) is 2.57. The summed E-state index contributed by atoms with van der Waals surface area (Å²) in [4.78, 5) is 13.9. The van der Waals surface area contributed by atoms with Crippen molar-refractivity contribution < 1.29 is 23.7 Å². The Kier molecular flexibility index (Phi) is 6.07. The minimum absolute atomic E-state index is 0.0838. The average molecular weight is 335 g/mol. The van der Waals surface area contributed by atoms with Gasteiger partial charge in [-0.15, -0.1) is 0 Å². The summed E-state index contributed by atoms with van der Waals surface area (Å²) >= 11 is 0. The lowest BCUT2D eigenvalue weighted by atomic mass is 9.99. The van der Waals surface area contributed by atoms with Gasteiger partial charge in [0.25, 0.3) is 0 Å². The van der Waals surface area contributed by atoms with Crippen LogP contribution in [0.5, 0.6) is 0 Å². The number of rotatable bonds is 8. The molecule has 132 valence electrons. The van der Waals surface area contributed by atoms with Crippen LogP contribution in [0.4, 0.5) is 4.79 Å². The van der Waals surface area contributed by atoms with Crippen molar-refractivity contribution in [1.82, 2.24) is 4.90 Å². The maximum absolute atomic E-state index is 12.1. The summed E-state index contributed by atoms with van der Waals surface area (Å²) in [6.07, 6.45) is 1.88. The quantitative estimate of drug-likeness (QED) is 0.540. The fraction of sp³-hybridized carbons (Fsp3) is 0.611. The molecule has 6 nitrogen and oxygen atoms in total. The van der Waals surface area contributed by atoms with Gasteiger partial charge >= 0.3 is 6.09 Å². The van der Waals surface area contributed by atoms with Crippen LogP contribution < -0.4 is 0 Å². The van der Waals surface area contributed by atoms with Gasteiger partial charge in [-0.25, -0.2) is 4.79 Å². The Hall–Kier alpha value is -1.63. The van der Waals surface area contributed by atoms with Crippen LogP contribution in [0, 0.1) is 0 Å². The van der Waals surface area contributed by atoms with Crippen molar-refractivity contribution >= 4 is 6.09 Å². The third-order valence-electron chi connectivity index (χ3n) is 4.57. The summed E-state index contributed by atoms with van der Waals surface area (Å²) in [5.41, 5.74) is 1.13. The van der Waals surface area contributed by atoms with Crippen LogP contribution in [0.3, 0.4) is 0 Å². The summed E-state index contributed by atoms with van der Waals surface area (Å²) in [6.45, 7) is 2.02. The van der Waals surface area contributed by atoms with Gasteiger partial charge in [-0.3, -0.25) is 0 Å². The summed E-state index contributed by atoms with van der Waals surface area (Å²) in [5.74, 6) is 0. The van der Waals surface area contributed by atoms with Gasteiger partial charge in [0, 0.05) is 20.1 Å². The normalized spacial score (nSPS) is 26.3. The largest absolute Gasteiger partial charge is 0.443 e. The molecule has 0 unspecified atom stereocenters. The highest BCUT2D eigenvalue weighted by Crippen LogP contribution is 2.31. The fourth-order valence-electron chi connectivity index (χ4n) is 3.42. The first kappa shape index (κ1) is 17.2. The molecule has 0 bridgehead atoms. The van der Waals surface area contributed by atoms with Gasteiger partial charge in [0.1, 0.15) is 19.0 Å². The second kappa shape index (κ2) is 8.46. The van der Waals surface area contributed by atoms with E-state index in [1.807, 2.05) is 30.3 Å². The minimum Gasteiger partial charge on any atom is -0.443 e. The number of fused-ring (bicyclic) bond motifs is 1. The molecule has 0 saturated carbocycles. The molecule has 2 saturated heterocycles. The van der Waals surface area contributed by atoms with E-state index in [2.05, 4.69) is 0 Å². The predicted molar refractivity (Wildman–Crippen MR) is 87.5 cm³/mol. The third kappa shape index (κ3) is 4.06.